The fourth-order valence-electron chi connectivity index (χ4n) is 2.50. The highest BCUT2D eigenvalue weighted by atomic mass is 32.2. The van der Waals surface area contributed by atoms with Crippen LogP contribution in [-0.2, 0) is 10.0 Å². The molecule has 110 valence electrons. The Balaban J connectivity index is 2.04. The number of para-hydroxylation sites is 1. The van der Waals surface area contributed by atoms with Gasteiger partial charge in [0.15, 0.2) is 5.82 Å². The Labute approximate surface area is 132 Å². The summed E-state index contributed by atoms with van der Waals surface area (Å²) in [7, 11) is -2.06. The number of thiophene rings is 1. The van der Waals surface area contributed by atoms with Gasteiger partial charge in [0.25, 0.3) is 10.0 Å². The third-order valence-electron chi connectivity index (χ3n) is 3.63. The van der Waals surface area contributed by atoms with Gasteiger partial charge in [-0.05, 0) is 17.5 Å². The zero-order valence-electron chi connectivity index (χ0n) is 11.6. The van der Waals surface area contributed by atoms with Crippen LogP contribution in [0.15, 0.2) is 52.9 Å². The lowest BCUT2D eigenvalue weighted by Gasteiger charge is -2.28. The Morgan fingerprint density at radius 2 is 1.95 bits per heavy atom. The van der Waals surface area contributed by atoms with Gasteiger partial charge in [-0.2, -0.15) is 0 Å². The monoisotopic (exact) mass is 329 g/mol. The summed E-state index contributed by atoms with van der Waals surface area (Å²) in [5.74, 6) is 0.545. The number of anilines is 1. The molecule has 0 fully saturated rings. The van der Waals surface area contributed by atoms with E-state index < -0.39 is 10.0 Å². The third kappa shape index (κ3) is 1.79. The fourth-order valence-corrected chi connectivity index (χ4v) is 4.47. The number of aromatic nitrogens is 2. The van der Waals surface area contributed by atoms with Crippen LogP contribution in [0.2, 0.25) is 0 Å². The molecule has 3 aromatic rings. The molecule has 0 saturated heterocycles. The van der Waals surface area contributed by atoms with E-state index in [1.165, 1.54) is 21.8 Å². The average molecular weight is 329 g/mol. The highest BCUT2D eigenvalue weighted by Gasteiger charge is 2.34. The number of nitrogens with zero attached hydrogens (tertiary/aromatic N) is 3. The normalized spacial score (nSPS) is 15.2. The highest BCUT2D eigenvalue weighted by Crippen LogP contribution is 2.41. The van der Waals surface area contributed by atoms with Gasteiger partial charge in [0.05, 0.1) is 22.5 Å². The second kappa shape index (κ2) is 4.62. The van der Waals surface area contributed by atoms with Crippen molar-refractivity contribution in [1.29, 1.82) is 0 Å². The lowest BCUT2D eigenvalue weighted by atomic mass is 10.1. The summed E-state index contributed by atoms with van der Waals surface area (Å²) >= 11 is 1.52. The summed E-state index contributed by atoms with van der Waals surface area (Å²) < 4.78 is 26.5. The first-order valence-electron chi connectivity index (χ1n) is 6.58. The van der Waals surface area contributed by atoms with Gasteiger partial charge in [-0.1, -0.05) is 24.3 Å². The van der Waals surface area contributed by atoms with E-state index in [9.17, 15) is 8.42 Å². The number of benzene rings is 1. The first-order chi connectivity index (χ1) is 10.6. The van der Waals surface area contributed by atoms with Crippen molar-refractivity contribution in [3.8, 4) is 22.0 Å². The van der Waals surface area contributed by atoms with Crippen molar-refractivity contribution in [2.45, 2.75) is 4.90 Å². The van der Waals surface area contributed by atoms with Crippen molar-refractivity contribution in [3.05, 3.63) is 48.0 Å². The second-order valence-electron chi connectivity index (χ2n) is 4.87. The maximum Gasteiger partial charge on any atom is 0.267 e. The molecular weight excluding hydrogens is 318 g/mol. The summed E-state index contributed by atoms with van der Waals surface area (Å²) in [6, 6.07) is 11.2. The Hall–Kier alpha value is -2.25. The molecule has 3 heterocycles. The van der Waals surface area contributed by atoms with Crippen molar-refractivity contribution in [2.75, 3.05) is 11.4 Å². The van der Waals surface area contributed by atoms with Crippen LogP contribution in [0.5, 0.6) is 0 Å². The van der Waals surface area contributed by atoms with Crippen LogP contribution >= 0.6 is 11.3 Å². The smallest absolute Gasteiger partial charge is 0.267 e. The van der Waals surface area contributed by atoms with Gasteiger partial charge in [-0.25, -0.2) is 18.4 Å². The molecule has 5 nitrogen and oxygen atoms in total. The lowest BCUT2D eigenvalue weighted by Crippen LogP contribution is -2.31. The van der Waals surface area contributed by atoms with E-state index in [4.69, 9.17) is 0 Å². The molecule has 1 aromatic carbocycles. The van der Waals surface area contributed by atoms with Gasteiger partial charge < -0.3 is 0 Å². The molecular formula is C15H11N3O2S2. The standard InChI is InChI=1S/C15H11N3O2S2/c1-18-11-6-3-2-5-10(11)14-13(22(18,19)20)9-16-15(17-14)12-7-4-8-21-12/h2-9H,1H3. The predicted molar refractivity (Wildman–Crippen MR) is 86.4 cm³/mol. The van der Waals surface area contributed by atoms with Crippen molar-refractivity contribution >= 4 is 27.0 Å². The van der Waals surface area contributed by atoms with Crippen LogP contribution in [0, 0.1) is 0 Å². The van der Waals surface area contributed by atoms with Crippen LogP contribution in [0.1, 0.15) is 0 Å². The van der Waals surface area contributed by atoms with E-state index in [0.29, 0.717) is 17.2 Å². The molecule has 4 rings (SSSR count). The van der Waals surface area contributed by atoms with Gasteiger partial charge in [0, 0.05) is 12.6 Å². The predicted octanol–water partition coefficient (Wildman–Crippen LogP) is 3.01. The molecule has 0 bridgehead atoms. The maximum absolute atomic E-state index is 12.6. The van der Waals surface area contributed by atoms with Crippen molar-refractivity contribution in [2.24, 2.45) is 0 Å². The van der Waals surface area contributed by atoms with Crippen LogP contribution in [0.4, 0.5) is 5.69 Å². The van der Waals surface area contributed by atoms with Crippen LogP contribution in [-0.4, -0.2) is 25.4 Å². The van der Waals surface area contributed by atoms with Crippen molar-refractivity contribution in [3.63, 3.8) is 0 Å². The van der Waals surface area contributed by atoms with Crippen molar-refractivity contribution in [1.82, 2.24) is 9.97 Å². The molecule has 0 unspecified atom stereocenters. The summed E-state index contributed by atoms with van der Waals surface area (Å²) in [4.78, 5) is 9.81. The fraction of sp³-hybridized carbons (Fsp3) is 0.0667. The maximum atomic E-state index is 12.6. The Morgan fingerprint density at radius 3 is 2.73 bits per heavy atom. The molecule has 0 radical (unpaired) electrons. The highest BCUT2D eigenvalue weighted by molar-refractivity contribution is 7.93. The SMILES string of the molecule is CN1c2ccccc2-c2nc(-c3cccs3)ncc2S1(=O)=O. The van der Waals surface area contributed by atoms with Crippen LogP contribution in [0.3, 0.4) is 0 Å². The second-order valence-corrected chi connectivity index (χ2v) is 7.76. The minimum absolute atomic E-state index is 0.147. The lowest BCUT2D eigenvalue weighted by molar-refractivity contribution is 0.593. The Kier molecular flexibility index (Phi) is 2.82. The van der Waals surface area contributed by atoms with Gasteiger partial charge >= 0.3 is 0 Å². The molecule has 2 aromatic heterocycles. The number of hydrogen-bond donors (Lipinski definition) is 0. The largest absolute Gasteiger partial charge is 0.269 e. The molecule has 0 amide bonds. The summed E-state index contributed by atoms with van der Waals surface area (Å²) in [6.45, 7) is 0. The topological polar surface area (TPSA) is 63.2 Å². The minimum Gasteiger partial charge on any atom is -0.269 e. The minimum atomic E-state index is -3.61. The van der Waals surface area contributed by atoms with E-state index in [1.807, 2.05) is 35.7 Å². The Morgan fingerprint density at radius 1 is 1.14 bits per heavy atom. The van der Waals surface area contributed by atoms with E-state index in [-0.39, 0.29) is 4.90 Å². The van der Waals surface area contributed by atoms with Gasteiger partial charge in [0.2, 0.25) is 0 Å². The van der Waals surface area contributed by atoms with Crippen molar-refractivity contribution < 1.29 is 8.42 Å². The summed E-state index contributed by atoms with van der Waals surface area (Å²) in [5, 5.41) is 1.94. The summed E-state index contributed by atoms with van der Waals surface area (Å²) in [6.07, 6.45) is 1.40. The number of fused-ring (bicyclic) bond motifs is 3. The van der Waals surface area contributed by atoms with Crippen LogP contribution in [0.25, 0.3) is 22.0 Å². The molecule has 0 saturated carbocycles. The summed E-state index contributed by atoms with van der Waals surface area (Å²) in [5.41, 5.74) is 1.90. The third-order valence-corrected chi connectivity index (χ3v) is 6.27. The van der Waals surface area contributed by atoms with E-state index >= 15 is 0 Å². The molecule has 22 heavy (non-hydrogen) atoms. The van der Waals surface area contributed by atoms with E-state index in [2.05, 4.69) is 9.97 Å². The molecule has 0 spiro atoms. The van der Waals surface area contributed by atoms with Gasteiger partial charge in [0.1, 0.15) is 4.90 Å². The first kappa shape index (κ1) is 13.4. The average Bonchev–Trinajstić information content (AvgIpc) is 3.07. The molecule has 0 N–H and O–H groups in total. The molecule has 7 heteroatoms. The quantitative estimate of drug-likeness (QED) is 0.688. The number of rotatable bonds is 1. The molecule has 1 aliphatic rings. The number of sulfonamides is 1. The Bertz CT molecular complexity index is 966. The van der Waals surface area contributed by atoms with Gasteiger partial charge in [-0.3, -0.25) is 4.31 Å². The zero-order chi connectivity index (χ0) is 15.3. The molecule has 0 aliphatic carbocycles. The van der Waals surface area contributed by atoms with Crippen LogP contribution < -0.4 is 4.31 Å². The van der Waals surface area contributed by atoms with E-state index in [1.54, 1.807) is 13.1 Å². The molecule has 0 atom stereocenters. The molecule has 1 aliphatic heterocycles. The first-order valence-corrected chi connectivity index (χ1v) is 8.90. The zero-order valence-corrected chi connectivity index (χ0v) is 13.2. The van der Waals surface area contributed by atoms with E-state index in [0.717, 1.165) is 10.4 Å². The van der Waals surface area contributed by atoms with Gasteiger partial charge in [-0.15, -0.1) is 11.3 Å². The number of hydrogen-bond acceptors (Lipinski definition) is 5.